The SMILES string of the molecule is COc1ccc(NC(N)=NCCC(=O)NC2CCCCC2)cc1OC. The average Bonchev–Trinajstić information content (AvgIpc) is 2.62. The van der Waals surface area contributed by atoms with Crippen LogP contribution in [0.1, 0.15) is 38.5 Å². The molecule has 1 aromatic carbocycles. The molecule has 0 unspecified atom stereocenters. The number of ether oxygens (including phenoxy) is 2. The molecule has 1 amide bonds. The number of nitrogens with one attached hydrogen (secondary N) is 2. The van der Waals surface area contributed by atoms with Crippen molar-refractivity contribution in [3.8, 4) is 11.5 Å². The minimum Gasteiger partial charge on any atom is -0.493 e. The normalized spacial score (nSPS) is 15.5. The van der Waals surface area contributed by atoms with Gasteiger partial charge in [-0.2, -0.15) is 0 Å². The smallest absolute Gasteiger partial charge is 0.222 e. The summed E-state index contributed by atoms with van der Waals surface area (Å²) in [5.74, 6) is 1.54. The van der Waals surface area contributed by atoms with E-state index in [0.717, 1.165) is 18.5 Å². The molecule has 0 spiro atoms. The van der Waals surface area contributed by atoms with Crippen LogP contribution in [0.5, 0.6) is 11.5 Å². The van der Waals surface area contributed by atoms with Crippen molar-refractivity contribution < 1.29 is 14.3 Å². The summed E-state index contributed by atoms with van der Waals surface area (Å²) < 4.78 is 10.4. The Labute approximate surface area is 149 Å². The molecule has 25 heavy (non-hydrogen) atoms. The van der Waals surface area contributed by atoms with Crippen LogP contribution < -0.4 is 25.8 Å². The van der Waals surface area contributed by atoms with Crippen LogP contribution >= 0.6 is 0 Å². The van der Waals surface area contributed by atoms with Gasteiger partial charge in [-0.3, -0.25) is 9.79 Å². The van der Waals surface area contributed by atoms with E-state index in [0.29, 0.717) is 30.5 Å². The summed E-state index contributed by atoms with van der Waals surface area (Å²) >= 11 is 0. The Hall–Kier alpha value is -2.44. The maximum Gasteiger partial charge on any atom is 0.222 e. The monoisotopic (exact) mass is 348 g/mol. The number of anilines is 1. The van der Waals surface area contributed by atoms with Crippen LogP contribution in [0.25, 0.3) is 0 Å². The lowest BCUT2D eigenvalue weighted by Crippen LogP contribution is -2.36. The second-order valence-corrected chi connectivity index (χ2v) is 6.11. The van der Waals surface area contributed by atoms with Gasteiger partial charge in [0.15, 0.2) is 17.5 Å². The molecular formula is C18H28N4O3. The van der Waals surface area contributed by atoms with E-state index in [2.05, 4.69) is 15.6 Å². The fourth-order valence-electron chi connectivity index (χ4n) is 2.93. The third kappa shape index (κ3) is 6.17. The van der Waals surface area contributed by atoms with Crippen LogP contribution in [-0.4, -0.2) is 38.7 Å². The summed E-state index contributed by atoms with van der Waals surface area (Å²) in [6.45, 7) is 0.352. The van der Waals surface area contributed by atoms with Gasteiger partial charge in [0.05, 0.1) is 20.8 Å². The molecule has 0 saturated heterocycles. The van der Waals surface area contributed by atoms with Crippen LogP contribution in [0.15, 0.2) is 23.2 Å². The molecule has 1 aliphatic carbocycles. The van der Waals surface area contributed by atoms with E-state index >= 15 is 0 Å². The number of aliphatic imine (C=N–C) groups is 1. The van der Waals surface area contributed by atoms with Crippen molar-refractivity contribution in [2.24, 2.45) is 10.7 Å². The molecule has 1 saturated carbocycles. The zero-order chi connectivity index (χ0) is 18.1. The molecule has 0 bridgehead atoms. The first kappa shape index (κ1) is 18.9. The minimum atomic E-state index is 0.0366. The number of carbonyl (C=O) groups excluding carboxylic acids is 1. The number of benzene rings is 1. The Morgan fingerprint density at radius 1 is 1.20 bits per heavy atom. The van der Waals surface area contributed by atoms with Crippen molar-refractivity contribution in [2.45, 2.75) is 44.6 Å². The van der Waals surface area contributed by atoms with E-state index in [4.69, 9.17) is 15.2 Å². The van der Waals surface area contributed by atoms with Gasteiger partial charge in [-0.15, -0.1) is 0 Å². The Morgan fingerprint density at radius 3 is 2.60 bits per heavy atom. The van der Waals surface area contributed by atoms with Gasteiger partial charge in [0, 0.05) is 24.2 Å². The quantitative estimate of drug-likeness (QED) is 0.519. The van der Waals surface area contributed by atoms with Gasteiger partial charge in [-0.1, -0.05) is 19.3 Å². The van der Waals surface area contributed by atoms with Crippen molar-refractivity contribution >= 4 is 17.6 Å². The summed E-state index contributed by atoms with van der Waals surface area (Å²) in [6.07, 6.45) is 6.17. The van der Waals surface area contributed by atoms with E-state index in [1.807, 2.05) is 6.07 Å². The van der Waals surface area contributed by atoms with Crippen molar-refractivity contribution in [3.05, 3.63) is 18.2 Å². The lowest BCUT2D eigenvalue weighted by atomic mass is 9.95. The van der Waals surface area contributed by atoms with E-state index < -0.39 is 0 Å². The summed E-state index contributed by atoms with van der Waals surface area (Å²) in [6, 6.07) is 5.70. The highest BCUT2D eigenvalue weighted by molar-refractivity contribution is 5.92. The van der Waals surface area contributed by atoms with Crippen LogP contribution in [0, 0.1) is 0 Å². The molecule has 0 radical (unpaired) electrons. The number of nitrogens with zero attached hydrogens (tertiary/aromatic N) is 1. The average molecular weight is 348 g/mol. The molecule has 0 aromatic heterocycles. The molecule has 0 heterocycles. The minimum absolute atomic E-state index is 0.0366. The van der Waals surface area contributed by atoms with Gasteiger partial charge in [-0.25, -0.2) is 0 Å². The van der Waals surface area contributed by atoms with Gasteiger partial charge in [0.1, 0.15) is 0 Å². The number of guanidine groups is 1. The highest BCUT2D eigenvalue weighted by Crippen LogP contribution is 2.29. The van der Waals surface area contributed by atoms with Crippen molar-refractivity contribution in [2.75, 3.05) is 26.1 Å². The Bertz CT molecular complexity index is 598. The topological polar surface area (TPSA) is 98.0 Å². The highest BCUT2D eigenvalue weighted by atomic mass is 16.5. The first-order valence-electron chi connectivity index (χ1n) is 8.70. The molecule has 4 N–H and O–H groups in total. The maximum atomic E-state index is 11.9. The second-order valence-electron chi connectivity index (χ2n) is 6.11. The van der Waals surface area contributed by atoms with Crippen LogP contribution in [0.4, 0.5) is 5.69 Å². The fourth-order valence-corrected chi connectivity index (χ4v) is 2.93. The molecule has 1 aliphatic rings. The maximum absolute atomic E-state index is 11.9. The predicted octanol–water partition coefficient (Wildman–Crippen LogP) is 2.27. The summed E-state index contributed by atoms with van der Waals surface area (Å²) in [5.41, 5.74) is 6.61. The molecule has 138 valence electrons. The number of hydrogen-bond acceptors (Lipinski definition) is 4. The first-order chi connectivity index (χ1) is 12.1. The van der Waals surface area contributed by atoms with E-state index in [1.54, 1.807) is 26.4 Å². The third-order valence-corrected chi connectivity index (χ3v) is 4.25. The van der Waals surface area contributed by atoms with Crippen molar-refractivity contribution in [1.29, 1.82) is 0 Å². The van der Waals surface area contributed by atoms with Gasteiger partial charge < -0.3 is 25.8 Å². The second kappa shape index (κ2) is 9.76. The summed E-state index contributed by atoms with van der Waals surface area (Å²) in [4.78, 5) is 16.1. The van der Waals surface area contributed by atoms with Gasteiger partial charge in [-0.05, 0) is 25.0 Å². The Kier molecular flexibility index (Phi) is 7.37. The van der Waals surface area contributed by atoms with Gasteiger partial charge >= 0.3 is 0 Å². The number of nitrogens with two attached hydrogens (primary N) is 1. The number of hydrogen-bond donors (Lipinski definition) is 3. The zero-order valence-corrected chi connectivity index (χ0v) is 15.0. The van der Waals surface area contributed by atoms with Crippen LogP contribution in [0.3, 0.4) is 0 Å². The Balaban J connectivity index is 1.78. The number of amides is 1. The first-order valence-corrected chi connectivity index (χ1v) is 8.70. The van der Waals surface area contributed by atoms with Gasteiger partial charge in [0.2, 0.25) is 5.91 Å². The van der Waals surface area contributed by atoms with E-state index in [-0.39, 0.29) is 11.9 Å². The number of methoxy groups -OCH3 is 2. The molecule has 0 atom stereocenters. The predicted molar refractivity (Wildman–Crippen MR) is 99.3 cm³/mol. The third-order valence-electron chi connectivity index (χ3n) is 4.25. The molecular weight excluding hydrogens is 320 g/mol. The zero-order valence-electron chi connectivity index (χ0n) is 15.0. The van der Waals surface area contributed by atoms with Gasteiger partial charge in [0.25, 0.3) is 0 Å². The lowest BCUT2D eigenvalue weighted by molar-refractivity contribution is -0.121. The fraction of sp³-hybridized carbons (Fsp3) is 0.556. The highest BCUT2D eigenvalue weighted by Gasteiger charge is 2.15. The number of rotatable bonds is 7. The standard InChI is InChI=1S/C18H28N4O3/c1-24-15-9-8-14(12-16(15)25-2)22-18(19)20-11-10-17(23)21-13-6-4-3-5-7-13/h8-9,12-13H,3-7,10-11H2,1-2H3,(H,21,23)(H3,19,20,22). The van der Waals surface area contributed by atoms with E-state index in [9.17, 15) is 4.79 Å². The Morgan fingerprint density at radius 2 is 1.92 bits per heavy atom. The number of carbonyl (C=O) groups is 1. The molecule has 7 nitrogen and oxygen atoms in total. The molecule has 1 fully saturated rings. The molecule has 7 heteroatoms. The largest absolute Gasteiger partial charge is 0.493 e. The van der Waals surface area contributed by atoms with Crippen molar-refractivity contribution in [1.82, 2.24) is 5.32 Å². The van der Waals surface area contributed by atoms with Crippen molar-refractivity contribution in [3.63, 3.8) is 0 Å². The summed E-state index contributed by atoms with van der Waals surface area (Å²) in [5, 5.41) is 6.05. The molecule has 2 rings (SSSR count). The molecule has 0 aliphatic heterocycles. The molecule has 1 aromatic rings. The van der Waals surface area contributed by atoms with Crippen LogP contribution in [0.2, 0.25) is 0 Å². The lowest BCUT2D eigenvalue weighted by Gasteiger charge is -2.22. The summed E-state index contributed by atoms with van der Waals surface area (Å²) in [7, 11) is 3.16. The van der Waals surface area contributed by atoms with Crippen LogP contribution in [-0.2, 0) is 4.79 Å². The van der Waals surface area contributed by atoms with E-state index in [1.165, 1.54) is 19.3 Å².